The minimum atomic E-state index is -0.509. The molecule has 0 bridgehead atoms. The second-order valence-electron chi connectivity index (χ2n) is 5.23. The Labute approximate surface area is 147 Å². The molecule has 8 heteroatoms. The van der Waals surface area contributed by atoms with Crippen LogP contribution in [0.2, 0.25) is 5.02 Å². The second kappa shape index (κ2) is 7.21. The molecule has 1 N–H and O–H groups in total. The van der Waals surface area contributed by atoms with E-state index < -0.39 is 11.0 Å². The normalized spacial score (nSPS) is 19.5. The fraction of sp³-hybridized carbons (Fsp3) is 0.188. The van der Waals surface area contributed by atoms with E-state index in [9.17, 15) is 14.9 Å². The lowest BCUT2D eigenvalue weighted by molar-refractivity contribution is -0.387. The fourth-order valence-electron chi connectivity index (χ4n) is 2.33. The van der Waals surface area contributed by atoms with E-state index >= 15 is 0 Å². The molecule has 0 unspecified atom stereocenters. The molecular weight excluding hydrogens is 352 g/mol. The highest BCUT2D eigenvalue weighted by atomic mass is 35.5. The predicted molar refractivity (Wildman–Crippen MR) is 90.9 cm³/mol. The van der Waals surface area contributed by atoms with Crippen molar-refractivity contribution in [3.8, 4) is 0 Å². The van der Waals surface area contributed by atoms with E-state index in [2.05, 4.69) is 4.72 Å². The fourth-order valence-corrected chi connectivity index (χ4v) is 3.35. The highest BCUT2D eigenvalue weighted by molar-refractivity contribution is 7.97. The quantitative estimate of drug-likeness (QED) is 0.366. The molecule has 124 valence electrons. The number of nitro benzene ring substituents is 1. The first-order valence-electron chi connectivity index (χ1n) is 7.15. The van der Waals surface area contributed by atoms with Gasteiger partial charge in [0.15, 0.2) is 6.04 Å². The average Bonchev–Trinajstić information content (AvgIpc) is 2.56. The van der Waals surface area contributed by atoms with E-state index in [1.54, 1.807) is 30.3 Å². The zero-order valence-corrected chi connectivity index (χ0v) is 13.9. The standard InChI is InChI=1S/C16H13ClN2O4S/c17-11-7-5-10(6-8-11)9-13-15(16(20)23-13)18-24-14-4-2-1-3-12(14)19(21)22/h1-8,13,15,18H,9H2/t13-,15+/m1/s1. The molecule has 0 radical (unpaired) electrons. The monoisotopic (exact) mass is 364 g/mol. The summed E-state index contributed by atoms with van der Waals surface area (Å²) in [5.41, 5.74) is 0.997. The number of rotatable bonds is 6. The molecule has 1 aliphatic rings. The van der Waals surface area contributed by atoms with Crippen molar-refractivity contribution in [3.05, 3.63) is 69.2 Å². The summed E-state index contributed by atoms with van der Waals surface area (Å²) in [7, 11) is 0. The van der Waals surface area contributed by atoms with Gasteiger partial charge in [-0.3, -0.25) is 14.9 Å². The van der Waals surface area contributed by atoms with Crippen LogP contribution in [0.5, 0.6) is 0 Å². The molecule has 24 heavy (non-hydrogen) atoms. The number of ether oxygens (including phenoxy) is 1. The first kappa shape index (κ1) is 16.8. The number of nitrogens with zero attached hydrogens (tertiary/aromatic N) is 1. The van der Waals surface area contributed by atoms with Crippen LogP contribution < -0.4 is 4.72 Å². The molecule has 1 saturated heterocycles. The van der Waals surface area contributed by atoms with Crippen molar-refractivity contribution in [2.45, 2.75) is 23.5 Å². The highest BCUT2D eigenvalue weighted by Crippen LogP contribution is 2.29. The summed E-state index contributed by atoms with van der Waals surface area (Å²) < 4.78 is 8.14. The van der Waals surface area contributed by atoms with Crippen LogP contribution in [0.15, 0.2) is 53.4 Å². The van der Waals surface area contributed by atoms with Gasteiger partial charge < -0.3 is 4.74 Å². The molecule has 2 atom stereocenters. The van der Waals surface area contributed by atoms with Crippen molar-refractivity contribution in [1.29, 1.82) is 0 Å². The lowest BCUT2D eigenvalue weighted by Crippen LogP contribution is -2.57. The van der Waals surface area contributed by atoms with E-state index in [0.29, 0.717) is 16.3 Å². The number of hydrogen-bond donors (Lipinski definition) is 1. The van der Waals surface area contributed by atoms with Gasteiger partial charge in [0, 0.05) is 17.5 Å². The molecule has 0 aromatic heterocycles. The SMILES string of the molecule is O=C1O[C@H](Cc2ccc(Cl)cc2)[C@@H]1NSc1ccccc1[N+](=O)[O-]. The number of halogens is 1. The maximum absolute atomic E-state index is 11.7. The summed E-state index contributed by atoms with van der Waals surface area (Å²) in [6, 6.07) is 13.2. The largest absolute Gasteiger partial charge is 0.458 e. The van der Waals surface area contributed by atoms with Gasteiger partial charge in [-0.15, -0.1) is 0 Å². The minimum absolute atomic E-state index is 0.00283. The Kier molecular flexibility index (Phi) is 5.03. The Morgan fingerprint density at radius 3 is 2.58 bits per heavy atom. The molecule has 0 spiro atoms. The number of cyclic esters (lactones) is 1. The third-order valence-corrected chi connectivity index (χ3v) is 4.79. The number of esters is 1. The summed E-state index contributed by atoms with van der Waals surface area (Å²) in [4.78, 5) is 22.7. The van der Waals surface area contributed by atoms with E-state index in [0.717, 1.165) is 17.5 Å². The molecule has 1 aliphatic heterocycles. The third kappa shape index (κ3) is 3.69. The van der Waals surface area contributed by atoms with Gasteiger partial charge in [-0.2, -0.15) is 0 Å². The van der Waals surface area contributed by atoms with Gasteiger partial charge in [0.1, 0.15) is 11.0 Å². The first-order valence-corrected chi connectivity index (χ1v) is 8.35. The highest BCUT2D eigenvalue weighted by Gasteiger charge is 2.42. The minimum Gasteiger partial charge on any atom is -0.458 e. The predicted octanol–water partition coefficient (Wildman–Crippen LogP) is 3.38. The zero-order valence-electron chi connectivity index (χ0n) is 12.3. The lowest BCUT2D eigenvalue weighted by Gasteiger charge is -2.35. The maximum Gasteiger partial charge on any atom is 0.328 e. The van der Waals surface area contributed by atoms with Gasteiger partial charge in [-0.25, -0.2) is 4.72 Å². The van der Waals surface area contributed by atoms with Gasteiger partial charge in [-0.05, 0) is 35.7 Å². The van der Waals surface area contributed by atoms with Crippen molar-refractivity contribution in [3.63, 3.8) is 0 Å². The summed E-state index contributed by atoms with van der Waals surface area (Å²) in [6.45, 7) is 0. The van der Waals surface area contributed by atoms with Crippen LogP contribution in [0, 0.1) is 10.1 Å². The number of carbonyl (C=O) groups excluding carboxylic acids is 1. The molecule has 0 saturated carbocycles. The Hall–Kier alpha value is -2.09. The van der Waals surface area contributed by atoms with Crippen LogP contribution >= 0.6 is 23.5 Å². The second-order valence-corrected chi connectivity index (χ2v) is 6.54. The molecule has 1 heterocycles. The summed E-state index contributed by atoms with van der Waals surface area (Å²) in [6.07, 6.45) is 0.242. The van der Waals surface area contributed by atoms with E-state index in [1.165, 1.54) is 6.07 Å². The summed E-state index contributed by atoms with van der Waals surface area (Å²) in [5.74, 6) is -0.361. The Morgan fingerprint density at radius 2 is 1.92 bits per heavy atom. The number of para-hydroxylation sites is 1. The van der Waals surface area contributed by atoms with E-state index in [1.807, 2.05) is 12.1 Å². The van der Waals surface area contributed by atoms with Gasteiger partial charge in [0.05, 0.1) is 4.92 Å². The first-order chi connectivity index (χ1) is 11.5. The molecule has 3 rings (SSSR count). The molecule has 2 aromatic carbocycles. The smallest absolute Gasteiger partial charge is 0.328 e. The van der Waals surface area contributed by atoms with Crippen LogP contribution in [-0.2, 0) is 16.0 Å². The molecule has 6 nitrogen and oxygen atoms in total. The molecular formula is C16H13ClN2O4S. The summed E-state index contributed by atoms with van der Waals surface area (Å²) in [5, 5.41) is 11.7. The number of nitro groups is 1. The number of carbonyl (C=O) groups is 1. The van der Waals surface area contributed by atoms with E-state index in [-0.39, 0.29) is 17.8 Å². The van der Waals surface area contributed by atoms with Crippen LogP contribution in [-0.4, -0.2) is 23.0 Å². The topological polar surface area (TPSA) is 81.5 Å². The van der Waals surface area contributed by atoms with Crippen molar-refractivity contribution in [1.82, 2.24) is 4.72 Å². The Balaban J connectivity index is 1.63. The Bertz CT molecular complexity index is 769. The number of hydrogen-bond acceptors (Lipinski definition) is 6. The van der Waals surface area contributed by atoms with Gasteiger partial charge in [0.25, 0.3) is 5.69 Å². The summed E-state index contributed by atoms with van der Waals surface area (Å²) >= 11 is 6.92. The zero-order chi connectivity index (χ0) is 17.1. The van der Waals surface area contributed by atoms with Crippen molar-refractivity contribution in [2.24, 2.45) is 0 Å². The number of nitrogens with one attached hydrogen (secondary N) is 1. The molecule has 0 aliphatic carbocycles. The van der Waals surface area contributed by atoms with Crippen LogP contribution in [0.4, 0.5) is 5.69 Å². The van der Waals surface area contributed by atoms with E-state index in [4.69, 9.17) is 16.3 Å². The third-order valence-electron chi connectivity index (χ3n) is 3.60. The van der Waals surface area contributed by atoms with Crippen LogP contribution in [0.3, 0.4) is 0 Å². The van der Waals surface area contributed by atoms with Crippen molar-refractivity contribution >= 4 is 35.2 Å². The molecule has 1 fully saturated rings. The van der Waals surface area contributed by atoms with Gasteiger partial charge >= 0.3 is 5.97 Å². The maximum atomic E-state index is 11.7. The Morgan fingerprint density at radius 1 is 1.21 bits per heavy atom. The number of benzene rings is 2. The average molecular weight is 365 g/mol. The van der Waals surface area contributed by atoms with Crippen molar-refractivity contribution in [2.75, 3.05) is 0 Å². The molecule has 2 aromatic rings. The van der Waals surface area contributed by atoms with Crippen molar-refractivity contribution < 1.29 is 14.5 Å². The molecule has 0 amide bonds. The lowest BCUT2D eigenvalue weighted by atomic mass is 9.99. The van der Waals surface area contributed by atoms with Gasteiger partial charge in [0.2, 0.25) is 0 Å². The van der Waals surface area contributed by atoms with Crippen LogP contribution in [0.25, 0.3) is 0 Å². The van der Waals surface area contributed by atoms with Crippen LogP contribution in [0.1, 0.15) is 5.56 Å². The van der Waals surface area contributed by atoms with Gasteiger partial charge in [-0.1, -0.05) is 35.9 Å².